The summed E-state index contributed by atoms with van der Waals surface area (Å²) in [6.07, 6.45) is 0.343. The molecular weight excluding hydrogens is 393 g/mol. The molecule has 0 fully saturated rings. The molecule has 3 aromatic rings. The molecule has 2 aromatic carbocycles. The number of benzene rings is 2. The predicted octanol–water partition coefficient (Wildman–Crippen LogP) is 3.95. The number of carboxylic acid groups (broad SMARTS) is 1. The Balaban J connectivity index is 1.70. The summed E-state index contributed by atoms with van der Waals surface area (Å²) in [6, 6.07) is 5.89. The molecule has 146 valence electrons. The van der Waals surface area contributed by atoms with Crippen molar-refractivity contribution in [2.75, 3.05) is 25.1 Å². The minimum atomic E-state index is -1.27. The van der Waals surface area contributed by atoms with Crippen molar-refractivity contribution < 1.29 is 27.8 Å². The zero-order valence-electron chi connectivity index (χ0n) is 14.7. The Morgan fingerprint density at radius 2 is 2.11 bits per heavy atom. The molecule has 9 heteroatoms. The lowest BCUT2D eigenvalue weighted by Gasteiger charge is -2.17. The van der Waals surface area contributed by atoms with Gasteiger partial charge in [-0.15, -0.1) is 11.3 Å². The molecule has 2 heterocycles. The second-order valence-electron chi connectivity index (χ2n) is 6.54. The molecule has 1 aromatic heterocycles. The number of anilines is 1. The summed E-state index contributed by atoms with van der Waals surface area (Å²) in [4.78, 5) is 17.0. The lowest BCUT2D eigenvalue weighted by atomic mass is 9.98. The summed E-state index contributed by atoms with van der Waals surface area (Å²) in [5.74, 6) is -3.75. The van der Waals surface area contributed by atoms with Gasteiger partial charge in [-0.2, -0.15) is 0 Å². The molecule has 0 aliphatic carbocycles. The van der Waals surface area contributed by atoms with Crippen molar-refractivity contribution >= 4 is 33.2 Å². The monoisotopic (exact) mass is 408 g/mol. The molecule has 28 heavy (non-hydrogen) atoms. The molecule has 1 N–H and O–H groups in total. The van der Waals surface area contributed by atoms with Crippen molar-refractivity contribution in [1.82, 2.24) is 4.98 Å². The van der Waals surface area contributed by atoms with Crippen LogP contribution in [-0.2, 0) is 11.2 Å². The maximum Gasteiger partial charge on any atom is 0.323 e. The van der Waals surface area contributed by atoms with Crippen LogP contribution in [0.5, 0.6) is 5.75 Å². The van der Waals surface area contributed by atoms with Crippen LogP contribution >= 0.6 is 11.3 Å². The number of carbonyl (C=O) groups is 1. The molecule has 1 aliphatic rings. The number of halogens is 3. The van der Waals surface area contributed by atoms with E-state index in [1.165, 1.54) is 7.11 Å². The first-order valence-corrected chi connectivity index (χ1v) is 9.26. The molecule has 0 spiro atoms. The number of thiazole rings is 1. The fourth-order valence-electron chi connectivity index (χ4n) is 3.55. The molecular formula is C19H15F3N2O3S. The smallest absolute Gasteiger partial charge is 0.323 e. The van der Waals surface area contributed by atoms with E-state index in [9.17, 15) is 18.0 Å². The quantitative estimate of drug-likeness (QED) is 0.648. The Hall–Kier alpha value is -2.81. The van der Waals surface area contributed by atoms with E-state index in [0.717, 1.165) is 22.6 Å². The molecule has 0 bridgehead atoms. The van der Waals surface area contributed by atoms with Gasteiger partial charge < -0.3 is 14.7 Å². The van der Waals surface area contributed by atoms with Crippen LogP contribution in [0.3, 0.4) is 0 Å². The first-order chi connectivity index (χ1) is 13.4. The minimum Gasteiger partial charge on any atom is -0.497 e. The number of ether oxygens (including phenoxy) is 1. The number of rotatable bonds is 5. The fourth-order valence-corrected chi connectivity index (χ4v) is 4.60. The number of methoxy groups -OCH3 is 1. The Morgan fingerprint density at radius 3 is 2.82 bits per heavy atom. The molecule has 1 unspecified atom stereocenters. The predicted molar refractivity (Wildman–Crippen MR) is 98.8 cm³/mol. The van der Waals surface area contributed by atoms with Crippen molar-refractivity contribution in [2.24, 2.45) is 0 Å². The van der Waals surface area contributed by atoms with Crippen LogP contribution in [0.15, 0.2) is 24.3 Å². The van der Waals surface area contributed by atoms with Gasteiger partial charge in [-0.05, 0) is 23.8 Å². The highest BCUT2D eigenvalue weighted by atomic mass is 32.1. The van der Waals surface area contributed by atoms with E-state index in [4.69, 9.17) is 9.84 Å². The molecule has 1 atom stereocenters. The maximum absolute atomic E-state index is 14.0. The van der Waals surface area contributed by atoms with E-state index >= 15 is 0 Å². The number of carboxylic acids is 1. The largest absolute Gasteiger partial charge is 0.497 e. The average molecular weight is 408 g/mol. The van der Waals surface area contributed by atoms with Crippen molar-refractivity contribution in [3.05, 3.63) is 52.3 Å². The third kappa shape index (κ3) is 3.15. The maximum atomic E-state index is 14.0. The third-order valence-electron chi connectivity index (χ3n) is 4.76. The second-order valence-corrected chi connectivity index (χ2v) is 7.62. The van der Waals surface area contributed by atoms with Gasteiger partial charge in [0.1, 0.15) is 23.6 Å². The Morgan fingerprint density at radius 1 is 1.32 bits per heavy atom. The van der Waals surface area contributed by atoms with Crippen LogP contribution in [0.4, 0.5) is 18.9 Å². The summed E-state index contributed by atoms with van der Waals surface area (Å²) in [5, 5.41) is 9.62. The molecule has 0 saturated carbocycles. The second kappa shape index (κ2) is 6.97. The van der Waals surface area contributed by atoms with Crippen LogP contribution in [0.1, 0.15) is 16.5 Å². The van der Waals surface area contributed by atoms with E-state index in [1.54, 1.807) is 17.0 Å². The van der Waals surface area contributed by atoms with Crippen molar-refractivity contribution in [3.8, 4) is 5.75 Å². The number of hydrogen-bond donors (Lipinski definition) is 1. The van der Waals surface area contributed by atoms with Gasteiger partial charge in [-0.3, -0.25) is 4.79 Å². The number of aliphatic carboxylic acids is 1. The number of hydrogen-bond acceptors (Lipinski definition) is 5. The standard InChI is InChI=1S/C19H15F3N2O3S/c1-27-10-2-3-14-11(5-10)9(7-24(14)8-16(25)26)4-15-23-18-17(22)12(20)6-13(21)19(18)28-15/h2-3,5-6,9H,4,7-8H2,1H3,(H,25,26). The van der Waals surface area contributed by atoms with Crippen LogP contribution in [0.25, 0.3) is 10.2 Å². The van der Waals surface area contributed by atoms with E-state index in [-0.39, 0.29) is 22.7 Å². The SMILES string of the molecule is COc1ccc2c(c1)C(Cc1nc3c(F)c(F)cc(F)c3s1)CN2CC(=O)O. The summed E-state index contributed by atoms with van der Waals surface area (Å²) in [6.45, 7) is 0.258. The van der Waals surface area contributed by atoms with Gasteiger partial charge in [-0.1, -0.05) is 0 Å². The molecule has 5 nitrogen and oxygen atoms in total. The Bertz CT molecular complexity index is 1090. The fraction of sp³-hybridized carbons (Fsp3) is 0.263. The summed E-state index contributed by atoms with van der Waals surface area (Å²) in [5.41, 5.74) is 1.34. The lowest BCUT2D eigenvalue weighted by molar-refractivity contribution is -0.135. The van der Waals surface area contributed by atoms with E-state index in [1.807, 2.05) is 6.07 Å². The van der Waals surface area contributed by atoms with E-state index in [0.29, 0.717) is 29.8 Å². The zero-order chi connectivity index (χ0) is 20.0. The summed E-state index contributed by atoms with van der Waals surface area (Å²) >= 11 is 0.974. The first kappa shape index (κ1) is 18.5. The Kier molecular flexibility index (Phi) is 4.62. The summed E-state index contributed by atoms with van der Waals surface area (Å²) in [7, 11) is 1.54. The number of aromatic nitrogens is 1. The third-order valence-corrected chi connectivity index (χ3v) is 5.85. The number of nitrogens with zero attached hydrogens (tertiary/aromatic N) is 2. The minimum absolute atomic E-state index is 0.0276. The van der Waals surface area contributed by atoms with Gasteiger partial charge >= 0.3 is 5.97 Å². The molecule has 0 radical (unpaired) electrons. The van der Waals surface area contributed by atoms with Crippen molar-refractivity contribution in [2.45, 2.75) is 12.3 Å². The average Bonchev–Trinajstić information content (AvgIpc) is 3.22. The van der Waals surface area contributed by atoms with Crippen LogP contribution in [0, 0.1) is 17.5 Å². The van der Waals surface area contributed by atoms with Gasteiger partial charge in [-0.25, -0.2) is 18.2 Å². The van der Waals surface area contributed by atoms with E-state index in [2.05, 4.69) is 4.98 Å². The van der Waals surface area contributed by atoms with Gasteiger partial charge in [0.2, 0.25) is 0 Å². The highest BCUT2D eigenvalue weighted by Crippen LogP contribution is 2.41. The number of fused-ring (bicyclic) bond motifs is 2. The van der Waals surface area contributed by atoms with E-state index < -0.39 is 23.4 Å². The van der Waals surface area contributed by atoms with Crippen LogP contribution < -0.4 is 9.64 Å². The van der Waals surface area contributed by atoms with Gasteiger partial charge in [0, 0.05) is 30.6 Å². The highest BCUT2D eigenvalue weighted by Gasteiger charge is 2.31. The summed E-state index contributed by atoms with van der Waals surface area (Å²) < 4.78 is 46.6. The highest BCUT2D eigenvalue weighted by molar-refractivity contribution is 7.18. The van der Waals surface area contributed by atoms with Crippen molar-refractivity contribution in [1.29, 1.82) is 0 Å². The van der Waals surface area contributed by atoms with Crippen LogP contribution in [0.2, 0.25) is 0 Å². The van der Waals surface area contributed by atoms with Gasteiger partial charge in [0.15, 0.2) is 11.6 Å². The first-order valence-electron chi connectivity index (χ1n) is 8.45. The Labute approximate surface area is 162 Å². The topological polar surface area (TPSA) is 62.7 Å². The lowest BCUT2D eigenvalue weighted by Crippen LogP contribution is -2.28. The zero-order valence-corrected chi connectivity index (χ0v) is 15.5. The molecule has 0 amide bonds. The van der Waals surface area contributed by atoms with Crippen LogP contribution in [-0.4, -0.2) is 36.3 Å². The van der Waals surface area contributed by atoms with Gasteiger partial charge in [0.05, 0.1) is 16.8 Å². The van der Waals surface area contributed by atoms with Crippen molar-refractivity contribution in [3.63, 3.8) is 0 Å². The molecule has 0 saturated heterocycles. The normalized spacial score (nSPS) is 15.9. The molecule has 4 rings (SSSR count). The van der Waals surface area contributed by atoms with Gasteiger partial charge in [0.25, 0.3) is 0 Å². The molecule has 1 aliphatic heterocycles.